The lowest BCUT2D eigenvalue weighted by Gasteiger charge is -2.16. The van der Waals surface area contributed by atoms with E-state index in [1.165, 1.54) is 13.2 Å². The molecule has 1 aromatic rings. The molecule has 0 bridgehead atoms. The topological polar surface area (TPSA) is 29.5 Å². The number of aliphatic hydroxyl groups is 1. The van der Waals surface area contributed by atoms with Crippen LogP contribution in [0.4, 0.5) is 4.39 Å². The molecule has 1 N–H and O–H groups in total. The molecule has 2 nitrogen and oxygen atoms in total. The Morgan fingerprint density at radius 3 is 2.57 bits per heavy atom. The van der Waals surface area contributed by atoms with Crippen LogP contribution >= 0.6 is 15.9 Å². The van der Waals surface area contributed by atoms with E-state index in [1.54, 1.807) is 13.8 Å². The molecule has 0 aliphatic heterocycles. The van der Waals surface area contributed by atoms with Crippen LogP contribution < -0.4 is 4.74 Å². The number of benzene rings is 1. The first-order valence-corrected chi connectivity index (χ1v) is 4.98. The van der Waals surface area contributed by atoms with Gasteiger partial charge < -0.3 is 9.84 Å². The van der Waals surface area contributed by atoms with Crippen molar-refractivity contribution in [2.45, 2.75) is 20.0 Å². The van der Waals surface area contributed by atoms with E-state index in [1.807, 2.05) is 0 Å². The van der Waals surface area contributed by atoms with Crippen LogP contribution in [0.15, 0.2) is 10.5 Å². The van der Waals surface area contributed by atoms with Crippen LogP contribution in [0.3, 0.4) is 0 Å². The highest BCUT2D eigenvalue weighted by Gasteiger charge is 2.18. The zero-order valence-electron chi connectivity index (χ0n) is 8.27. The maximum Gasteiger partial charge on any atom is 0.138 e. The third-order valence-electron chi connectivity index (χ3n) is 2.01. The molecule has 1 aromatic carbocycles. The van der Waals surface area contributed by atoms with Gasteiger partial charge in [0, 0.05) is 5.56 Å². The van der Waals surface area contributed by atoms with Crippen molar-refractivity contribution in [2.24, 2.45) is 0 Å². The molecule has 0 saturated heterocycles. The van der Waals surface area contributed by atoms with Crippen LogP contribution in [0, 0.1) is 12.7 Å². The van der Waals surface area contributed by atoms with Gasteiger partial charge in [0.05, 0.1) is 17.7 Å². The van der Waals surface area contributed by atoms with Gasteiger partial charge >= 0.3 is 0 Å². The van der Waals surface area contributed by atoms with Crippen molar-refractivity contribution in [3.63, 3.8) is 0 Å². The van der Waals surface area contributed by atoms with Crippen molar-refractivity contribution in [1.82, 2.24) is 0 Å². The molecule has 78 valence electrons. The Kier molecular flexibility index (Phi) is 3.50. The summed E-state index contributed by atoms with van der Waals surface area (Å²) in [5.74, 6) is 0.132. The minimum absolute atomic E-state index is 0.259. The Balaban J connectivity index is 3.48. The summed E-state index contributed by atoms with van der Waals surface area (Å²) in [6, 6.07) is 1.37. The Bertz CT molecular complexity index is 350. The van der Waals surface area contributed by atoms with Crippen LogP contribution in [-0.2, 0) is 0 Å². The normalized spacial score (nSPS) is 12.7. The third kappa shape index (κ3) is 1.91. The van der Waals surface area contributed by atoms with Crippen LogP contribution in [0.5, 0.6) is 5.75 Å². The van der Waals surface area contributed by atoms with Gasteiger partial charge in [0.15, 0.2) is 0 Å². The monoisotopic (exact) mass is 262 g/mol. The van der Waals surface area contributed by atoms with Crippen LogP contribution in [0.25, 0.3) is 0 Å². The van der Waals surface area contributed by atoms with Gasteiger partial charge in [-0.05, 0) is 41.4 Å². The fourth-order valence-electron chi connectivity index (χ4n) is 1.40. The van der Waals surface area contributed by atoms with E-state index in [0.717, 1.165) is 0 Å². The fourth-order valence-corrected chi connectivity index (χ4v) is 2.03. The number of rotatable bonds is 2. The van der Waals surface area contributed by atoms with Crippen molar-refractivity contribution in [2.75, 3.05) is 7.11 Å². The molecule has 4 heteroatoms. The molecule has 14 heavy (non-hydrogen) atoms. The number of aliphatic hydroxyl groups excluding tert-OH is 1. The Morgan fingerprint density at radius 1 is 1.57 bits per heavy atom. The van der Waals surface area contributed by atoms with Crippen LogP contribution in [-0.4, -0.2) is 12.2 Å². The van der Waals surface area contributed by atoms with Gasteiger partial charge in [-0.2, -0.15) is 0 Å². The minimum Gasteiger partial charge on any atom is -0.496 e. The molecule has 1 atom stereocenters. The van der Waals surface area contributed by atoms with Crippen molar-refractivity contribution < 1.29 is 14.2 Å². The summed E-state index contributed by atoms with van der Waals surface area (Å²) in [4.78, 5) is 0. The van der Waals surface area contributed by atoms with E-state index >= 15 is 0 Å². The Labute approximate surface area is 90.8 Å². The molecule has 0 radical (unpaired) electrons. The number of hydrogen-bond acceptors (Lipinski definition) is 2. The van der Waals surface area contributed by atoms with Gasteiger partial charge in [0.1, 0.15) is 11.6 Å². The molecule has 0 saturated carbocycles. The van der Waals surface area contributed by atoms with Gasteiger partial charge in [-0.3, -0.25) is 0 Å². The van der Waals surface area contributed by atoms with Crippen molar-refractivity contribution >= 4 is 15.9 Å². The van der Waals surface area contributed by atoms with Crippen LogP contribution in [0.2, 0.25) is 0 Å². The van der Waals surface area contributed by atoms with Gasteiger partial charge in [-0.15, -0.1) is 0 Å². The number of methoxy groups -OCH3 is 1. The number of hydrogen-bond donors (Lipinski definition) is 1. The molecule has 0 fully saturated rings. The third-order valence-corrected chi connectivity index (χ3v) is 2.82. The highest BCUT2D eigenvalue weighted by atomic mass is 79.9. The highest BCUT2D eigenvalue weighted by molar-refractivity contribution is 9.10. The van der Waals surface area contributed by atoms with Crippen molar-refractivity contribution in [3.8, 4) is 5.75 Å². The van der Waals surface area contributed by atoms with E-state index in [0.29, 0.717) is 16.9 Å². The van der Waals surface area contributed by atoms with Gasteiger partial charge in [-0.1, -0.05) is 0 Å². The summed E-state index contributed by atoms with van der Waals surface area (Å²) >= 11 is 3.09. The van der Waals surface area contributed by atoms with Gasteiger partial charge in [0.2, 0.25) is 0 Å². The lowest BCUT2D eigenvalue weighted by atomic mass is 10.1. The summed E-state index contributed by atoms with van der Waals surface area (Å²) < 4.78 is 18.7. The first-order valence-electron chi connectivity index (χ1n) is 4.19. The predicted octanol–water partition coefficient (Wildman–Crippen LogP) is 2.96. The SMILES string of the molecule is COc1c(C)cc(F)c(Br)c1C(C)O. The average molecular weight is 263 g/mol. The average Bonchev–Trinajstić information content (AvgIpc) is 2.10. The molecule has 0 amide bonds. The molecule has 0 aliphatic rings. The first kappa shape index (κ1) is 11.5. The fraction of sp³-hybridized carbons (Fsp3) is 0.400. The molecular weight excluding hydrogens is 251 g/mol. The number of ether oxygens (including phenoxy) is 1. The molecule has 0 heterocycles. The smallest absolute Gasteiger partial charge is 0.138 e. The van der Waals surface area contributed by atoms with E-state index in [-0.39, 0.29) is 10.3 Å². The first-order chi connectivity index (χ1) is 6.49. The second-order valence-electron chi connectivity index (χ2n) is 3.11. The quantitative estimate of drug-likeness (QED) is 0.888. The molecule has 0 aromatic heterocycles. The number of halogens is 2. The lowest BCUT2D eigenvalue weighted by Crippen LogP contribution is -2.02. The summed E-state index contributed by atoms with van der Waals surface area (Å²) in [6.07, 6.45) is -0.770. The van der Waals surface area contributed by atoms with E-state index in [4.69, 9.17) is 4.74 Å². The standard InChI is InChI=1S/C10H12BrFO2/c1-5-4-7(12)9(11)8(6(2)13)10(5)14-3/h4,6,13H,1-3H3. The van der Waals surface area contributed by atoms with Crippen molar-refractivity contribution in [1.29, 1.82) is 0 Å². The largest absolute Gasteiger partial charge is 0.496 e. The van der Waals surface area contributed by atoms with E-state index < -0.39 is 6.10 Å². The highest BCUT2D eigenvalue weighted by Crippen LogP contribution is 2.36. The Morgan fingerprint density at radius 2 is 2.14 bits per heavy atom. The zero-order valence-corrected chi connectivity index (χ0v) is 9.85. The summed E-state index contributed by atoms with van der Waals surface area (Å²) in [6.45, 7) is 3.31. The van der Waals surface area contributed by atoms with Crippen LogP contribution in [0.1, 0.15) is 24.2 Å². The predicted molar refractivity (Wildman–Crippen MR) is 56.0 cm³/mol. The van der Waals surface area contributed by atoms with Gasteiger partial charge in [-0.25, -0.2) is 4.39 Å². The molecule has 0 aliphatic carbocycles. The molecule has 0 spiro atoms. The maximum atomic E-state index is 13.3. The Hall–Kier alpha value is -0.610. The lowest BCUT2D eigenvalue weighted by molar-refractivity contribution is 0.192. The summed E-state index contributed by atoms with van der Waals surface area (Å²) in [7, 11) is 1.50. The molecule has 1 unspecified atom stereocenters. The second kappa shape index (κ2) is 4.28. The second-order valence-corrected chi connectivity index (χ2v) is 3.91. The summed E-state index contributed by atoms with van der Waals surface area (Å²) in [5, 5.41) is 9.49. The summed E-state index contributed by atoms with van der Waals surface area (Å²) in [5.41, 5.74) is 1.12. The number of aryl methyl sites for hydroxylation is 1. The molecular formula is C10H12BrFO2. The van der Waals surface area contributed by atoms with E-state index in [9.17, 15) is 9.50 Å². The van der Waals surface area contributed by atoms with Gasteiger partial charge in [0.25, 0.3) is 0 Å². The van der Waals surface area contributed by atoms with E-state index in [2.05, 4.69) is 15.9 Å². The minimum atomic E-state index is -0.770. The zero-order chi connectivity index (χ0) is 10.9. The molecule has 1 rings (SSSR count). The maximum absolute atomic E-state index is 13.3. The van der Waals surface area contributed by atoms with Crippen molar-refractivity contribution in [3.05, 3.63) is 27.5 Å².